The lowest BCUT2D eigenvalue weighted by atomic mass is 10.0. The predicted octanol–water partition coefficient (Wildman–Crippen LogP) is 0.179. The highest BCUT2D eigenvalue weighted by molar-refractivity contribution is 5.93. The molecule has 8 heteroatoms. The summed E-state index contributed by atoms with van der Waals surface area (Å²) in [6.07, 6.45) is 1.01. The minimum atomic E-state index is -0.377. The van der Waals surface area contributed by atoms with Crippen LogP contribution in [0.25, 0.3) is 0 Å². The van der Waals surface area contributed by atoms with Gasteiger partial charge in [0.25, 0.3) is 0 Å². The number of hydrogen-bond donors (Lipinski definition) is 3. The fourth-order valence-electron chi connectivity index (χ4n) is 3.04. The van der Waals surface area contributed by atoms with Crippen molar-refractivity contribution in [3.8, 4) is 0 Å². The molecule has 0 saturated carbocycles. The van der Waals surface area contributed by atoms with Gasteiger partial charge in [-0.1, -0.05) is 18.7 Å². The molecule has 2 rings (SSSR count). The van der Waals surface area contributed by atoms with Gasteiger partial charge in [-0.25, -0.2) is 0 Å². The summed E-state index contributed by atoms with van der Waals surface area (Å²) in [4.78, 5) is 38.9. The zero-order valence-electron chi connectivity index (χ0n) is 16.5. The number of allylic oxidation sites excluding steroid dienone is 1. The summed E-state index contributed by atoms with van der Waals surface area (Å²) >= 11 is 0. The van der Waals surface area contributed by atoms with Crippen LogP contribution in [0.1, 0.15) is 12.5 Å². The highest BCUT2D eigenvalue weighted by Gasteiger charge is 2.26. The van der Waals surface area contributed by atoms with E-state index in [1.807, 2.05) is 24.0 Å². The molecule has 1 heterocycles. The van der Waals surface area contributed by atoms with Gasteiger partial charge < -0.3 is 25.8 Å². The Kier molecular flexibility index (Phi) is 8.01. The zero-order valence-corrected chi connectivity index (χ0v) is 16.5. The second kappa shape index (κ2) is 10.5. The number of hydrogen-bond acceptors (Lipinski definition) is 5. The number of amides is 3. The third-order valence-corrected chi connectivity index (χ3v) is 4.56. The minimum Gasteiger partial charge on any atom is -0.377 e. The SMILES string of the molecule is C=C(C)NC(Cc1ccc(NC(=O)CNC=O)cc1)C(=O)N1CCN(C)CC1. The Morgan fingerprint density at radius 1 is 1.18 bits per heavy atom. The van der Waals surface area contributed by atoms with Gasteiger partial charge in [0.15, 0.2) is 0 Å². The number of anilines is 1. The van der Waals surface area contributed by atoms with Crippen LogP contribution in [0.5, 0.6) is 0 Å². The molecule has 1 aromatic carbocycles. The van der Waals surface area contributed by atoms with E-state index in [2.05, 4.69) is 34.5 Å². The van der Waals surface area contributed by atoms with E-state index >= 15 is 0 Å². The van der Waals surface area contributed by atoms with E-state index in [4.69, 9.17) is 0 Å². The number of piperazine rings is 1. The van der Waals surface area contributed by atoms with Crippen LogP contribution in [-0.2, 0) is 20.8 Å². The monoisotopic (exact) mass is 387 g/mol. The number of nitrogens with one attached hydrogen (secondary N) is 3. The molecule has 0 radical (unpaired) electrons. The summed E-state index contributed by atoms with van der Waals surface area (Å²) in [5, 5.41) is 8.21. The summed E-state index contributed by atoms with van der Waals surface area (Å²) in [7, 11) is 2.06. The predicted molar refractivity (Wildman–Crippen MR) is 109 cm³/mol. The third-order valence-electron chi connectivity index (χ3n) is 4.56. The second-order valence-electron chi connectivity index (χ2n) is 7.05. The Morgan fingerprint density at radius 3 is 2.39 bits per heavy atom. The van der Waals surface area contributed by atoms with E-state index < -0.39 is 0 Å². The van der Waals surface area contributed by atoms with Gasteiger partial charge >= 0.3 is 0 Å². The van der Waals surface area contributed by atoms with Crippen molar-refractivity contribution >= 4 is 23.9 Å². The molecule has 1 saturated heterocycles. The first-order valence-corrected chi connectivity index (χ1v) is 9.34. The summed E-state index contributed by atoms with van der Waals surface area (Å²) in [6.45, 7) is 8.85. The summed E-state index contributed by atoms with van der Waals surface area (Å²) in [6, 6.07) is 6.96. The Morgan fingerprint density at radius 2 is 1.82 bits per heavy atom. The van der Waals surface area contributed by atoms with Gasteiger partial charge in [0.2, 0.25) is 18.2 Å². The molecule has 3 N–H and O–H groups in total. The van der Waals surface area contributed by atoms with Crippen LogP contribution in [0.4, 0.5) is 5.69 Å². The number of carbonyl (C=O) groups is 3. The molecule has 0 aliphatic carbocycles. The maximum atomic E-state index is 13.0. The molecule has 1 aliphatic heterocycles. The Labute approximate surface area is 165 Å². The van der Waals surface area contributed by atoms with E-state index in [0.29, 0.717) is 18.5 Å². The molecule has 152 valence electrons. The quantitative estimate of drug-likeness (QED) is 0.526. The first-order chi connectivity index (χ1) is 13.4. The third kappa shape index (κ3) is 6.70. The van der Waals surface area contributed by atoms with Gasteiger partial charge in [-0.3, -0.25) is 14.4 Å². The number of benzene rings is 1. The van der Waals surface area contributed by atoms with E-state index in [0.717, 1.165) is 37.4 Å². The molecule has 3 amide bonds. The van der Waals surface area contributed by atoms with Crippen LogP contribution >= 0.6 is 0 Å². The Bertz CT molecular complexity index is 696. The molecule has 0 spiro atoms. The molecule has 28 heavy (non-hydrogen) atoms. The van der Waals surface area contributed by atoms with Crippen molar-refractivity contribution in [1.29, 1.82) is 0 Å². The molecule has 0 bridgehead atoms. The van der Waals surface area contributed by atoms with Crippen LogP contribution in [0.15, 0.2) is 36.5 Å². The lowest BCUT2D eigenvalue weighted by molar-refractivity contribution is -0.134. The van der Waals surface area contributed by atoms with Gasteiger partial charge in [0, 0.05) is 44.0 Å². The normalized spacial score (nSPS) is 15.4. The van der Waals surface area contributed by atoms with Crippen molar-refractivity contribution in [1.82, 2.24) is 20.4 Å². The molecule has 1 aliphatic rings. The van der Waals surface area contributed by atoms with Crippen molar-refractivity contribution in [2.75, 3.05) is 45.1 Å². The van der Waals surface area contributed by atoms with Crippen molar-refractivity contribution in [2.45, 2.75) is 19.4 Å². The fraction of sp³-hybridized carbons (Fsp3) is 0.450. The molecular weight excluding hydrogens is 358 g/mol. The van der Waals surface area contributed by atoms with Crippen LogP contribution < -0.4 is 16.0 Å². The van der Waals surface area contributed by atoms with E-state index in [1.54, 1.807) is 12.1 Å². The summed E-state index contributed by atoms with van der Waals surface area (Å²) < 4.78 is 0. The van der Waals surface area contributed by atoms with Crippen LogP contribution in [0, 0.1) is 0 Å². The van der Waals surface area contributed by atoms with Gasteiger partial charge in [-0.15, -0.1) is 0 Å². The molecular formula is C20H29N5O3. The van der Waals surface area contributed by atoms with Gasteiger partial charge in [-0.05, 0) is 31.7 Å². The zero-order chi connectivity index (χ0) is 20.5. The standard InChI is InChI=1S/C20H29N5O3/c1-15(2)22-18(20(28)25-10-8-24(3)9-11-25)12-16-4-6-17(7-5-16)23-19(27)13-21-14-26/h4-7,14,18,22H,1,8-13H2,2-3H3,(H,21,26)(H,23,27). The summed E-state index contributed by atoms with van der Waals surface area (Å²) in [5.74, 6) is -0.222. The molecule has 1 unspecified atom stereocenters. The number of likely N-dealkylation sites (N-methyl/N-ethyl adjacent to an activating group) is 1. The number of carbonyl (C=O) groups excluding carboxylic acids is 3. The lowest BCUT2D eigenvalue weighted by Gasteiger charge is -2.35. The molecule has 1 atom stereocenters. The smallest absolute Gasteiger partial charge is 0.245 e. The van der Waals surface area contributed by atoms with Crippen molar-refractivity contribution in [2.24, 2.45) is 0 Å². The van der Waals surface area contributed by atoms with Crippen molar-refractivity contribution in [3.63, 3.8) is 0 Å². The van der Waals surface area contributed by atoms with Crippen LogP contribution in [0.3, 0.4) is 0 Å². The Hall–Kier alpha value is -2.87. The van der Waals surface area contributed by atoms with Crippen LogP contribution in [-0.4, -0.2) is 73.8 Å². The maximum absolute atomic E-state index is 13.0. The van der Waals surface area contributed by atoms with Crippen molar-refractivity contribution < 1.29 is 14.4 Å². The highest BCUT2D eigenvalue weighted by Crippen LogP contribution is 2.13. The molecule has 8 nitrogen and oxygen atoms in total. The summed E-state index contributed by atoms with van der Waals surface area (Å²) in [5.41, 5.74) is 2.36. The van der Waals surface area contributed by atoms with Gasteiger partial charge in [0.05, 0.1) is 6.54 Å². The lowest BCUT2D eigenvalue weighted by Crippen LogP contribution is -2.53. The average molecular weight is 387 g/mol. The van der Waals surface area contributed by atoms with Gasteiger partial charge in [-0.2, -0.15) is 0 Å². The fourth-order valence-corrected chi connectivity index (χ4v) is 3.04. The number of rotatable bonds is 9. The van der Waals surface area contributed by atoms with Crippen molar-refractivity contribution in [3.05, 3.63) is 42.1 Å². The largest absolute Gasteiger partial charge is 0.377 e. The highest BCUT2D eigenvalue weighted by atomic mass is 16.2. The van der Waals surface area contributed by atoms with E-state index in [1.165, 1.54) is 0 Å². The molecule has 1 fully saturated rings. The first kappa shape index (κ1) is 21.4. The first-order valence-electron chi connectivity index (χ1n) is 9.34. The minimum absolute atomic E-state index is 0.0740. The van der Waals surface area contributed by atoms with E-state index in [9.17, 15) is 14.4 Å². The van der Waals surface area contributed by atoms with E-state index in [-0.39, 0.29) is 24.4 Å². The Balaban J connectivity index is 1.99. The van der Waals surface area contributed by atoms with Crippen LogP contribution in [0.2, 0.25) is 0 Å². The number of nitrogens with zero attached hydrogens (tertiary/aromatic N) is 2. The average Bonchev–Trinajstić information content (AvgIpc) is 2.67. The molecule has 1 aromatic rings. The second-order valence-corrected chi connectivity index (χ2v) is 7.05. The topological polar surface area (TPSA) is 93.8 Å². The molecule has 0 aromatic heterocycles. The van der Waals surface area contributed by atoms with Gasteiger partial charge in [0.1, 0.15) is 6.04 Å². The maximum Gasteiger partial charge on any atom is 0.245 e.